The van der Waals surface area contributed by atoms with Crippen molar-refractivity contribution in [2.75, 3.05) is 0 Å². The lowest BCUT2D eigenvalue weighted by Crippen LogP contribution is -2.19. The van der Waals surface area contributed by atoms with E-state index >= 15 is 0 Å². The molecule has 1 amide bonds. The summed E-state index contributed by atoms with van der Waals surface area (Å²) in [6, 6.07) is 8.72. The van der Waals surface area contributed by atoms with Crippen molar-refractivity contribution in [2.45, 2.75) is 6.54 Å². The van der Waals surface area contributed by atoms with Gasteiger partial charge in [0.05, 0.1) is 11.6 Å². The van der Waals surface area contributed by atoms with E-state index in [9.17, 15) is 4.79 Å². The third-order valence-electron chi connectivity index (χ3n) is 1.53. The van der Waals surface area contributed by atoms with Crippen LogP contribution in [0.3, 0.4) is 0 Å². The van der Waals surface area contributed by atoms with Crippen molar-refractivity contribution in [2.24, 2.45) is 0 Å². The van der Waals surface area contributed by atoms with Crippen LogP contribution in [0.2, 0.25) is 0 Å². The highest BCUT2D eigenvalue weighted by Gasteiger charge is 1.96. The van der Waals surface area contributed by atoms with Crippen molar-refractivity contribution in [1.29, 1.82) is 5.26 Å². The second-order valence-corrected chi connectivity index (χ2v) is 2.47. The van der Waals surface area contributed by atoms with Crippen LogP contribution < -0.4 is 5.32 Å². The molecule has 0 bridgehead atoms. The molecule has 0 radical (unpaired) electrons. The van der Waals surface area contributed by atoms with Crippen LogP contribution in [-0.4, -0.2) is 11.2 Å². The van der Waals surface area contributed by atoms with E-state index in [1.807, 2.05) is 6.07 Å². The minimum absolute atomic E-state index is 0.265. The molecule has 0 aromatic heterocycles. The first-order chi connectivity index (χ1) is 6.22. The summed E-state index contributed by atoms with van der Waals surface area (Å²) in [7, 11) is 0. The smallest absolute Gasteiger partial charge is 0.404 e. The number of carboxylic acid groups (broad SMARTS) is 1. The van der Waals surface area contributed by atoms with E-state index in [2.05, 4.69) is 5.32 Å². The predicted molar refractivity (Wildman–Crippen MR) is 46.0 cm³/mol. The predicted octanol–water partition coefficient (Wildman–Crippen LogP) is 1.33. The molecule has 0 aliphatic rings. The Bertz CT molecular complexity index is 338. The van der Waals surface area contributed by atoms with Crippen molar-refractivity contribution in [1.82, 2.24) is 5.32 Å². The Labute approximate surface area is 75.4 Å². The van der Waals surface area contributed by atoms with E-state index in [1.165, 1.54) is 0 Å². The van der Waals surface area contributed by atoms with Crippen LogP contribution in [0, 0.1) is 11.3 Å². The van der Waals surface area contributed by atoms with Gasteiger partial charge in [-0.1, -0.05) is 12.1 Å². The van der Waals surface area contributed by atoms with E-state index in [0.717, 1.165) is 5.56 Å². The lowest BCUT2D eigenvalue weighted by atomic mass is 10.1. The maximum atomic E-state index is 10.1. The lowest BCUT2D eigenvalue weighted by molar-refractivity contribution is 0.194. The number of amides is 1. The molecular formula is C9H8N2O2. The molecule has 0 atom stereocenters. The van der Waals surface area contributed by atoms with Gasteiger partial charge in [-0.2, -0.15) is 5.26 Å². The molecule has 4 heteroatoms. The highest BCUT2D eigenvalue weighted by atomic mass is 16.4. The number of nitrogens with zero attached hydrogens (tertiary/aromatic N) is 1. The van der Waals surface area contributed by atoms with E-state index < -0.39 is 6.09 Å². The number of carbonyl (C=O) groups is 1. The van der Waals surface area contributed by atoms with Gasteiger partial charge in [-0.05, 0) is 17.7 Å². The quantitative estimate of drug-likeness (QED) is 0.713. The molecule has 0 heterocycles. The first kappa shape index (κ1) is 9.07. The Morgan fingerprint density at radius 3 is 2.54 bits per heavy atom. The first-order valence-corrected chi connectivity index (χ1v) is 3.68. The second-order valence-electron chi connectivity index (χ2n) is 2.47. The summed E-state index contributed by atoms with van der Waals surface area (Å²) in [5, 5.41) is 19.0. The third kappa shape index (κ3) is 2.83. The van der Waals surface area contributed by atoms with E-state index in [4.69, 9.17) is 10.4 Å². The monoisotopic (exact) mass is 176 g/mol. The molecule has 0 aliphatic heterocycles. The Balaban J connectivity index is 2.60. The van der Waals surface area contributed by atoms with Gasteiger partial charge < -0.3 is 10.4 Å². The van der Waals surface area contributed by atoms with Gasteiger partial charge in [-0.3, -0.25) is 0 Å². The zero-order chi connectivity index (χ0) is 9.68. The van der Waals surface area contributed by atoms with Crippen molar-refractivity contribution in [3.8, 4) is 6.07 Å². The fourth-order valence-corrected chi connectivity index (χ4v) is 0.875. The van der Waals surface area contributed by atoms with Gasteiger partial charge in [0.1, 0.15) is 0 Å². The number of rotatable bonds is 2. The first-order valence-electron chi connectivity index (χ1n) is 3.68. The SMILES string of the molecule is N#Cc1ccc(CNC(=O)O)cc1. The van der Waals surface area contributed by atoms with Gasteiger partial charge in [0.15, 0.2) is 0 Å². The summed E-state index contributed by atoms with van der Waals surface area (Å²) < 4.78 is 0. The van der Waals surface area contributed by atoms with Gasteiger partial charge in [0.25, 0.3) is 0 Å². The zero-order valence-electron chi connectivity index (χ0n) is 6.82. The maximum Gasteiger partial charge on any atom is 0.404 e. The van der Waals surface area contributed by atoms with Gasteiger partial charge in [0, 0.05) is 6.54 Å². The molecule has 0 unspecified atom stereocenters. The van der Waals surface area contributed by atoms with Crippen LogP contribution in [0.1, 0.15) is 11.1 Å². The summed E-state index contributed by atoms with van der Waals surface area (Å²) in [5.74, 6) is 0. The molecule has 0 saturated heterocycles. The minimum Gasteiger partial charge on any atom is -0.465 e. The van der Waals surface area contributed by atoms with Crippen molar-refractivity contribution >= 4 is 6.09 Å². The number of benzene rings is 1. The molecule has 2 N–H and O–H groups in total. The van der Waals surface area contributed by atoms with E-state index in [-0.39, 0.29) is 6.54 Å². The largest absolute Gasteiger partial charge is 0.465 e. The van der Waals surface area contributed by atoms with Crippen LogP contribution in [-0.2, 0) is 6.54 Å². The second kappa shape index (κ2) is 4.12. The van der Waals surface area contributed by atoms with Gasteiger partial charge in [0.2, 0.25) is 0 Å². The molecule has 0 aliphatic carbocycles. The number of nitrogens with one attached hydrogen (secondary N) is 1. The van der Waals surface area contributed by atoms with Crippen LogP contribution in [0.25, 0.3) is 0 Å². The molecule has 0 spiro atoms. The van der Waals surface area contributed by atoms with E-state index in [0.29, 0.717) is 5.56 Å². The summed E-state index contributed by atoms with van der Waals surface area (Å²) in [6.45, 7) is 0.265. The minimum atomic E-state index is -1.05. The molecule has 4 nitrogen and oxygen atoms in total. The zero-order valence-corrected chi connectivity index (χ0v) is 6.82. The normalized spacial score (nSPS) is 8.85. The number of hydrogen-bond acceptors (Lipinski definition) is 2. The third-order valence-corrected chi connectivity index (χ3v) is 1.53. The molecule has 13 heavy (non-hydrogen) atoms. The molecular weight excluding hydrogens is 168 g/mol. The summed E-state index contributed by atoms with van der Waals surface area (Å²) in [6.07, 6.45) is -1.05. The Kier molecular flexibility index (Phi) is 2.87. The highest BCUT2D eigenvalue weighted by Crippen LogP contribution is 2.02. The molecule has 0 saturated carbocycles. The van der Waals surface area contributed by atoms with Gasteiger partial charge >= 0.3 is 6.09 Å². The average molecular weight is 176 g/mol. The lowest BCUT2D eigenvalue weighted by Gasteiger charge is -2.00. The van der Waals surface area contributed by atoms with Gasteiger partial charge in [-0.25, -0.2) is 4.79 Å². The van der Waals surface area contributed by atoms with Gasteiger partial charge in [-0.15, -0.1) is 0 Å². The summed E-state index contributed by atoms with van der Waals surface area (Å²) in [5.41, 5.74) is 1.40. The molecule has 0 fully saturated rings. The highest BCUT2D eigenvalue weighted by molar-refractivity contribution is 5.64. The van der Waals surface area contributed by atoms with Crippen LogP contribution in [0.4, 0.5) is 4.79 Å². The van der Waals surface area contributed by atoms with Crippen LogP contribution in [0.15, 0.2) is 24.3 Å². The Morgan fingerprint density at radius 1 is 1.46 bits per heavy atom. The number of hydrogen-bond donors (Lipinski definition) is 2. The van der Waals surface area contributed by atoms with E-state index in [1.54, 1.807) is 24.3 Å². The summed E-state index contributed by atoms with van der Waals surface area (Å²) in [4.78, 5) is 10.1. The maximum absolute atomic E-state index is 10.1. The topological polar surface area (TPSA) is 73.1 Å². The Morgan fingerprint density at radius 2 is 2.08 bits per heavy atom. The summed E-state index contributed by atoms with van der Waals surface area (Å²) >= 11 is 0. The van der Waals surface area contributed by atoms with Crippen molar-refractivity contribution in [3.63, 3.8) is 0 Å². The van der Waals surface area contributed by atoms with Crippen molar-refractivity contribution < 1.29 is 9.90 Å². The molecule has 66 valence electrons. The molecule has 1 rings (SSSR count). The van der Waals surface area contributed by atoms with Crippen LogP contribution >= 0.6 is 0 Å². The fourth-order valence-electron chi connectivity index (χ4n) is 0.875. The van der Waals surface area contributed by atoms with Crippen LogP contribution in [0.5, 0.6) is 0 Å². The Hall–Kier alpha value is -2.02. The molecule has 1 aromatic carbocycles. The average Bonchev–Trinajstić information content (AvgIpc) is 2.15. The van der Waals surface area contributed by atoms with Crippen molar-refractivity contribution in [3.05, 3.63) is 35.4 Å². The molecule has 1 aromatic rings. The fraction of sp³-hybridized carbons (Fsp3) is 0.111. The standard InChI is InChI=1S/C9H8N2O2/c10-5-7-1-3-8(4-2-7)6-11-9(12)13/h1-4,11H,6H2,(H,12,13). The number of nitriles is 1.